The third kappa shape index (κ3) is 2.52. The van der Waals surface area contributed by atoms with Crippen LogP contribution in [0.2, 0.25) is 10.0 Å². The number of hydrogen-bond acceptors (Lipinski definition) is 1. The molecule has 0 aliphatic rings. The first-order valence-corrected chi connectivity index (χ1v) is 7.80. The lowest BCUT2D eigenvalue weighted by Crippen LogP contribution is -2.00. The maximum Gasteiger partial charge on any atom is 0.129 e. The quantitative estimate of drug-likeness (QED) is 0.549. The van der Waals surface area contributed by atoms with Crippen LogP contribution < -0.4 is 0 Å². The molecule has 3 aromatic rings. The fourth-order valence-corrected chi connectivity index (χ4v) is 3.05. The van der Waals surface area contributed by atoms with Gasteiger partial charge in [0, 0.05) is 5.02 Å². The van der Waals surface area contributed by atoms with Gasteiger partial charge in [-0.25, -0.2) is 4.98 Å². The van der Waals surface area contributed by atoms with Crippen molar-refractivity contribution in [2.24, 2.45) is 0 Å². The fraction of sp³-hybridized carbons (Fsp3) is 0.188. The zero-order chi connectivity index (χ0) is 15.1. The summed E-state index contributed by atoms with van der Waals surface area (Å²) in [6.45, 7) is 3.96. The molecule has 2 nitrogen and oxygen atoms in total. The monoisotopic (exact) mass is 338 g/mol. The van der Waals surface area contributed by atoms with Crippen LogP contribution >= 0.6 is 34.8 Å². The van der Waals surface area contributed by atoms with E-state index in [0.717, 1.165) is 33.7 Å². The van der Waals surface area contributed by atoms with Gasteiger partial charge in [-0.15, -0.1) is 11.6 Å². The van der Waals surface area contributed by atoms with Gasteiger partial charge in [0.05, 0.1) is 27.6 Å². The minimum Gasteiger partial charge on any atom is -0.294 e. The van der Waals surface area contributed by atoms with E-state index in [0.29, 0.717) is 15.9 Å². The Morgan fingerprint density at radius 3 is 2.52 bits per heavy atom. The highest BCUT2D eigenvalue weighted by molar-refractivity contribution is 6.35. The molecule has 108 valence electrons. The average Bonchev–Trinajstić information content (AvgIpc) is 2.80. The van der Waals surface area contributed by atoms with E-state index in [1.807, 2.05) is 48.7 Å². The molecular weight excluding hydrogens is 327 g/mol. The molecule has 1 aromatic heterocycles. The second-order valence-corrected chi connectivity index (χ2v) is 6.12. The zero-order valence-electron chi connectivity index (χ0n) is 11.6. The van der Waals surface area contributed by atoms with Crippen molar-refractivity contribution < 1.29 is 0 Å². The summed E-state index contributed by atoms with van der Waals surface area (Å²) < 4.78 is 1.97. The summed E-state index contributed by atoms with van der Waals surface area (Å²) in [5.41, 5.74) is 4.77. The van der Waals surface area contributed by atoms with Crippen molar-refractivity contribution in [2.45, 2.75) is 19.7 Å². The summed E-state index contributed by atoms with van der Waals surface area (Å²) >= 11 is 18.7. The van der Waals surface area contributed by atoms with Crippen molar-refractivity contribution in [3.8, 4) is 5.69 Å². The number of benzene rings is 2. The molecule has 0 radical (unpaired) electrons. The van der Waals surface area contributed by atoms with Crippen LogP contribution in [-0.4, -0.2) is 9.55 Å². The van der Waals surface area contributed by atoms with E-state index in [4.69, 9.17) is 34.8 Å². The summed E-state index contributed by atoms with van der Waals surface area (Å²) in [6.07, 6.45) is 0. The summed E-state index contributed by atoms with van der Waals surface area (Å²) in [5, 5.41) is 1.30. The molecule has 0 saturated heterocycles. The van der Waals surface area contributed by atoms with Crippen molar-refractivity contribution in [1.29, 1.82) is 0 Å². The molecule has 0 amide bonds. The first kappa shape index (κ1) is 14.7. The molecule has 0 bridgehead atoms. The lowest BCUT2D eigenvalue weighted by molar-refractivity contribution is 0.981. The molecule has 21 heavy (non-hydrogen) atoms. The number of hydrogen-bond donors (Lipinski definition) is 0. The second-order valence-electron chi connectivity index (χ2n) is 5.04. The Bertz CT molecular complexity index is 837. The highest BCUT2D eigenvalue weighted by Crippen LogP contribution is 2.32. The molecule has 0 spiro atoms. The van der Waals surface area contributed by atoms with Gasteiger partial charge in [0.1, 0.15) is 5.82 Å². The van der Waals surface area contributed by atoms with Crippen LogP contribution in [0.15, 0.2) is 30.3 Å². The van der Waals surface area contributed by atoms with E-state index in [-0.39, 0.29) is 0 Å². The van der Waals surface area contributed by atoms with Gasteiger partial charge in [0.2, 0.25) is 0 Å². The van der Waals surface area contributed by atoms with Gasteiger partial charge in [-0.2, -0.15) is 0 Å². The molecule has 5 heteroatoms. The zero-order valence-corrected chi connectivity index (χ0v) is 13.9. The SMILES string of the molecule is Cc1ccc2c(c1)nc(CCl)n2-c1cc(Cl)c(C)cc1Cl. The summed E-state index contributed by atoms with van der Waals surface area (Å²) in [4.78, 5) is 4.59. The van der Waals surface area contributed by atoms with Crippen LogP contribution in [-0.2, 0) is 5.88 Å². The number of alkyl halides is 1. The van der Waals surface area contributed by atoms with Crippen molar-refractivity contribution >= 4 is 45.8 Å². The van der Waals surface area contributed by atoms with Gasteiger partial charge in [-0.05, 0) is 49.2 Å². The maximum absolute atomic E-state index is 6.40. The first-order chi connectivity index (χ1) is 10.0. The summed E-state index contributed by atoms with van der Waals surface area (Å²) in [7, 11) is 0. The topological polar surface area (TPSA) is 17.8 Å². The van der Waals surface area contributed by atoms with Gasteiger partial charge in [-0.3, -0.25) is 4.57 Å². The molecule has 0 saturated carbocycles. The van der Waals surface area contributed by atoms with E-state index < -0.39 is 0 Å². The molecule has 0 fully saturated rings. The highest BCUT2D eigenvalue weighted by Gasteiger charge is 2.15. The molecule has 3 rings (SSSR count). The maximum atomic E-state index is 6.40. The number of aromatic nitrogens is 2. The molecule has 0 aliphatic carbocycles. The van der Waals surface area contributed by atoms with Gasteiger partial charge in [0.25, 0.3) is 0 Å². The Kier molecular flexibility index (Phi) is 3.87. The van der Waals surface area contributed by atoms with Gasteiger partial charge < -0.3 is 0 Å². The molecular formula is C16H13Cl3N2. The molecule has 1 heterocycles. The van der Waals surface area contributed by atoms with Crippen LogP contribution in [0.1, 0.15) is 17.0 Å². The second kappa shape index (κ2) is 5.53. The minimum atomic E-state index is 0.301. The summed E-state index contributed by atoms with van der Waals surface area (Å²) in [5.74, 6) is 1.05. The van der Waals surface area contributed by atoms with E-state index in [1.165, 1.54) is 0 Å². The Morgan fingerprint density at radius 2 is 1.81 bits per heavy atom. The number of nitrogens with zero attached hydrogens (tertiary/aromatic N) is 2. The van der Waals surface area contributed by atoms with E-state index in [1.54, 1.807) is 0 Å². The van der Waals surface area contributed by atoms with Crippen molar-refractivity contribution in [3.05, 3.63) is 57.3 Å². The third-order valence-corrected chi connectivity index (χ3v) is 4.42. The predicted molar refractivity (Wildman–Crippen MR) is 90.1 cm³/mol. The van der Waals surface area contributed by atoms with Crippen LogP contribution in [0.5, 0.6) is 0 Å². The molecule has 0 N–H and O–H groups in total. The third-order valence-electron chi connectivity index (χ3n) is 3.47. The largest absolute Gasteiger partial charge is 0.294 e. The van der Waals surface area contributed by atoms with Gasteiger partial charge in [-0.1, -0.05) is 29.3 Å². The number of imidazole rings is 1. The lowest BCUT2D eigenvalue weighted by atomic mass is 10.2. The number of halogens is 3. The predicted octanol–water partition coefficient (Wildman–Crippen LogP) is 5.69. The first-order valence-electron chi connectivity index (χ1n) is 6.51. The number of aryl methyl sites for hydroxylation is 2. The average molecular weight is 340 g/mol. The Hall–Kier alpha value is -1.22. The van der Waals surface area contributed by atoms with E-state index in [2.05, 4.69) is 4.98 Å². The van der Waals surface area contributed by atoms with Crippen molar-refractivity contribution in [2.75, 3.05) is 0 Å². The summed E-state index contributed by atoms with van der Waals surface area (Å²) in [6, 6.07) is 9.82. The number of rotatable bonds is 2. The van der Waals surface area contributed by atoms with Gasteiger partial charge in [0.15, 0.2) is 0 Å². The lowest BCUT2D eigenvalue weighted by Gasteiger charge is -2.12. The Morgan fingerprint density at radius 1 is 1.05 bits per heavy atom. The smallest absolute Gasteiger partial charge is 0.129 e. The van der Waals surface area contributed by atoms with Crippen LogP contribution in [0.4, 0.5) is 0 Å². The Balaban J connectivity index is 2.36. The minimum absolute atomic E-state index is 0.301. The molecule has 2 aromatic carbocycles. The number of fused-ring (bicyclic) bond motifs is 1. The molecule has 0 atom stereocenters. The van der Waals surface area contributed by atoms with Crippen molar-refractivity contribution in [1.82, 2.24) is 9.55 Å². The fourth-order valence-electron chi connectivity index (χ4n) is 2.41. The van der Waals surface area contributed by atoms with Crippen LogP contribution in [0.3, 0.4) is 0 Å². The van der Waals surface area contributed by atoms with E-state index >= 15 is 0 Å². The van der Waals surface area contributed by atoms with Crippen LogP contribution in [0.25, 0.3) is 16.7 Å². The standard InChI is InChI=1S/C16H13Cl3N2/c1-9-3-4-14-13(5-9)20-16(8-17)21(14)15-7-11(18)10(2)6-12(15)19/h3-7H,8H2,1-2H3. The van der Waals surface area contributed by atoms with Crippen molar-refractivity contribution in [3.63, 3.8) is 0 Å². The molecule has 0 unspecified atom stereocenters. The highest BCUT2D eigenvalue weighted by atomic mass is 35.5. The van der Waals surface area contributed by atoms with Crippen LogP contribution in [0, 0.1) is 13.8 Å². The van der Waals surface area contributed by atoms with E-state index in [9.17, 15) is 0 Å². The normalized spacial score (nSPS) is 11.3. The molecule has 0 aliphatic heterocycles. The van der Waals surface area contributed by atoms with Gasteiger partial charge >= 0.3 is 0 Å². The Labute approximate surface area is 138 Å².